The van der Waals surface area contributed by atoms with Crippen molar-refractivity contribution in [3.05, 3.63) is 0 Å². The van der Waals surface area contributed by atoms with Crippen molar-refractivity contribution in [3.63, 3.8) is 0 Å². The summed E-state index contributed by atoms with van der Waals surface area (Å²) in [6, 6.07) is -3.01. The molecule has 290 valence electrons. The van der Waals surface area contributed by atoms with Crippen LogP contribution in [0.4, 0.5) is 0 Å². The number of rotatable bonds is 17. The molecule has 0 bridgehead atoms. The molecule has 0 aliphatic carbocycles. The van der Waals surface area contributed by atoms with Gasteiger partial charge in [0.15, 0.2) is 12.6 Å². The molecule has 2 rings (SSSR count). The van der Waals surface area contributed by atoms with E-state index in [0.717, 1.165) is 20.8 Å². The first kappa shape index (κ1) is 43.4. The Labute approximate surface area is 293 Å². The van der Waals surface area contributed by atoms with Gasteiger partial charge in [0.2, 0.25) is 11.8 Å². The molecule has 0 aromatic heterocycles. The third-order valence-electron chi connectivity index (χ3n) is 7.67. The number of aliphatic hydroxyl groups is 4. The summed E-state index contributed by atoms with van der Waals surface area (Å²) >= 11 is 0. The Morgan fingerprint density at radius 1 is 0.725 bits per heavy atom. The first-order valence-corrected chi connectivity index (χ1v) is 16.2. The van der Waals surface area contributed by atoms with Crippen molar-refractivity contribution in [2.45, 2.75) is 134 Å². The lowest BCUT2D eigenvalue weighted by Gasteiger charge is -2.45. The van der Waals surface area contributed by atoms with Crippen molar-refractivity contribution in [2.24, 2.45) is 5.92 Å². The number of carbonyl (C=O) groups is 7. The Balaban J connectivity index is 2.28. The number of hydrogen-bond acceptors (Lipinski definition) is 18. The largest absolute Gasteiger partial charge is 0.462 e. The minimum Gasteiger partial charge on any atom is -0.462 e. The Hall–Kier alpha value is -3.79. The molecular formula is C31H48N2O18. The molecule has 0 spiro atoms. The number of aliphatic hydroxyl groups excluding tert-OH is 4. The molecule has 2 aliphatic rings. The highest BCUT2D eigenvalue weighted by atomic mass is 16.7. The van der Waals surface area contributed by atoms with E-state index in [4.69, 9.17) is 33.2 Å². The van der Waals surface area contributed by atoms with Crippen molar-refractivity contribution in [1.29, 1.82) is 0 Å². The maximum Gasteiger partial charge on any atom is 0.309 e. The van der Waals surface area contributed by atoms with Gasteiger partial charge in [-0.1, -0.05) is 0 Å². The zero-order chi connectivity index (χ0) is 38.6. The molecule has 6 N–H and O–H groups in total. The molecule has 0 saturated carbocycles. The lowest BCUT2D eigenvalue weighted by Crippen LogP contribution is -2.66. The minimum absolute atomic E-state index is 0.327. The van der Waals surface area contributed by atoms with Crippen molar-refractivity contribution < 1.29 is 87.1 Å². The van der Waals surface area contributed by atoms with Gasteiger partial charge in [-0.25, -0.2) is 0 Å². The van der Waals surface area contributed by atoms with Gasteiger partial charge in [0.05, 0.1) is 44.5 Å². The topological polar surface area (TPSA) is 289 Å². The zero-order valence-corrected chi connectivity index (χ0v) is 29.1. The van der Waals surface area contributed by atoms with Crippen LogP contribution in [0.3, 0.4) is 0 Å². The molecule has 20 nitrogen and oxygen atoms in total. The number of carbonyl (C=O) groups excluding carboxylic acids is 7. The maximum atomic E-state index is 13.1. The number of nitrogens with one attached hydrogen (secondary N) is 2. The predicted octanol–water partition coefficient (Wildman–Crippen LogP) is -3.12. The smallest absolute Gasteiger partial charge is 0.309 e. The van der Waals surface area contributed by atoms with Crippen LogP contribution >= 0.6 is 0 Å². The average molecular weight is 737 g/mol. The van der Waals surface area contributed by atoms with Crippen molar-refractivity contribution in [2.75, 3.05) is 13.2 Å². The molecule has 13 unspecified atom stereocenters. The van der Waals surface area contributed by atoms with E-state index >= 15 is 0 Å². The van der Waals surface area contributed by atoms with Crippen LogP contribution in [-0.4, -0.2) is 149 Å². The van der Waals surface area contributed by atoms with E-state index < -0.39 is 141 Å². The first-order valence-electron chi connectivity index (χ1n) is 16.2. The molecule has 20 heteroatoms. The third-order valence-corrected chi connectivity index (χ3v) is 7.67. The summed E-state index contributed by atoms with van der Waals surface area (Å²) in [7, 11) is 0. The van der Waals surface area contributed by atoms with Crippen molar-refractivity contribution in [3.8, 4) is 0 Å². The highest BCUT2D eigenvalue weighted by Crippen LogP contribution is 2.30. The molecule has 0 aromatic carbocycles. The van der Waals surface area contributed by atoms with Crippen molar-refractivity contribution >= 4 is 42.0 Å². The van der Waals surface area contributed by atoms with Crippen molar-refractivity contribution in [1.82, 2.24) is 10.6 Å². The second-order valence-corrected chi connectivity index (χ2v) is 12.3. The first-order chi connectivity index (χ1) is 23.9. The molecule has 2 saturated heterocycles. The molecule has 0 aromatic rings. The zero-order valence-electron chi connectivity index (χ0n) is 29.1. The van der Waals surface area contributed by atoms with Crippen LogP contribution in [0, 0.1) is 5.92 Å². The van der Waals surface area contributed by atoms with Crippen LogP contribution in [0.5, 0.6) is 0 Å². The van der Waals surface area contributed by atoms with E-state index in [1.807, 2.05) is 0 Å². The van der Waals surface area contributed by atoms with E-state index in [9.17, 15) is 54.0 Å². The average Bonchev–Trinajstić information content (AvgIpc) is 2.99. The van der Waals surface area contributed by atoms with Gasteiger partial charge in [-0.15, -0.1) is 0 Å². The number of ether oxygens (including phenoxy) is 7. The van der Waals surface area contributed by atoms with Crippen LogP contribution in [0.1, 0.15) is 60.8 Å². The highest BCUT2D eigenvalue weighted by Gasteiger charge is 2.51. The number of amides is 2. The number of hydrogen-bond donors (Lipinski definition) is 6. The van der Waals surface area contributed by atoms with Crippen LogP contribution in [0.2, 0.25) is 0 Å². The lowest BCUT2D eigenvalue weighted by molar-refractivity contribution is -0.291. The summed E-state index contributed by atoms with van der Waals surface area (Å²) in [5, 5.41) is 47.0. The fourth-order valence-corrected chi connectivity index (χ4v) is 5.58. The molecular weight excluding hydrogens is 688 g/mol. The summed E-state index contributed by atoms with van der Waals surface area (Å²) in [4.78, 5) is 84.5. The van der Waals surface area contributed by atoms with Crippen LogP contribution in [0.15, 0.2) is 0 Å². The number of aldehydes is 1. The Bertz CT molecular complexity index is 1230. The highest BCUT2D eigenvalue weighted by molar-refractivity contribution is 5.78. The third kappa shape index (κ3) is 13.7. The summed E-state index contributed by atoms with van der Waals surface area (Å²) < 4.78 is 37.4. The maximum absolute atomic E-state index is 13.1. The second-order valence-electron chi connectivity index (χ2n) is 12.3. The molecule has 2 fully saturated rings. The van der Waals surface area contributed by atoms with Gasteiger partial charge in [0, 0.05) is 20.8 Å². The molecule has 2 heterocycles. The predicted molar refractivity (Wildman–Crippen MR) is 165 cm³/mol. The van der Waals surface area contributed by atoms with E-state index in [0.29, 0.717) is 6.29 Å². The Kier molecular flexibility index (Phi) is 17.3. The molecule has 2 aliphatic heterocycles. The van der Waals surface area contributed by atoms with Gasteiger partial charge < -0.3 is 69.0 Å². The second kappa shape index (κ2) is 20.3. The van der Waals surface area contributed by atoms with Gasteiger partial charge in [-0.3, -0.25) is 28.8 Å². The van der Waals surface area contributed by atoms with E-state index in [1.165, 1.54) is 20.8 Å². The van der Waals surface area contributed by atoms with Gasteiger partial charge in [0.1, 0.15) is 61.1 Å². The number of esters is 4. The van der Waals surface area contributed by atoms with E-state index in [-0.39, 0.29) is 6.42 Å². The lowest BCUT2D eigenvalue weighted by atomic mass is 9.88. The standard InChI is InChI=1S/C31H48N2O18/c1-13(46-16(4)36)7-22(39)32-25-28(43)27(42)21(49-30(25)44)12-45-31-26(33-23(40)8-14(2)47-17(5)37)29(19(10-34)20(11-35)50-31)51-24(41)9-15(3)48-18(6)38/h10,13-15,19-21,25-31,35,42-44H,7-9,11-12H2,1-6H3,(H,32,39)(H,33,40). The van der Waals surface area contributed by atoms with Gasteiger partial charge in [-0.05, 0) is 20.8 Å². The molecule has 0 radical (unpaired) electrons. The summed E-state index contributed by atoms with van der Waals surface area (Å²) in [6.07, 6.45) is -15.0. The van der Waals surface area contributed by atoms with Crippen LogP contribution in [-0.2, 0) is 66.7 Å². The Morgan fingerprint density at radius 2 is 1.22 bits per heavy atom. The van der Waals surface area contributed by atoms with E-state index in [2.05, 4.69) is 10.6 Å². The van der Waals surface area contributed by atoms with E-state index in [1.54, 1.807) is 0 Å². The molecule has 51 heavy (non-hydrogen) atoms. The van der Waals surface area contributed by atoms with Crippen LogP contribution < -0.4 is 10.6 Å². The SMILES string of the molecule is CC(=O)OC(C)CC(=O)NC1C(O)OC(COC2OC(CO)C(C=O)C(OC(=O)CC(C)OC(C)=O)C2NC(=O)CC(C)OC(C)=O)C(O)C1O. The fraction of sp³-hybridized carbons (Fsp3) is 0.774. The molecule has 13 atom stereocenters. The summed E-state index contributed by atoms with van der Waals surface area (Å²) in [6.45, 7) is 6.27. The van der Waals surface area contributed by atoms with Gasteiger partial charge >= 0.3 is 23.9 Å². The fourth-order valence-electron chi connectivity index (χ4n) is 5.58. The van der Waals surface area contributed by atoms with Gasteiger partial charge in [-0.2, -0.15) is 0 Å². The summed E-state index contributed by atoms with van der Waals surface area (Å²) in [5.41, 5.74) is 0. The monoisotopic (exact) mass is 736 g/mol. The normalized spacial score (nSPS) is 30.8. The minimum atomic E-state index is -1.88. The molecule has 2 amide bonds. The quantitative estimate of drug-likeness (QED) is 0.0489. The Morgan fingerprint density at radius 3 is 1.69 bits per heavy atom. The van der Waals surface area contributed by atoms with Gasteiger partial charge in [0.25, 0.3) is 0 Å². The summed E-state index contributed by atoms with van der Waals surface area (Å²) in [5.74, 6) is -5.79. The van der Waals surface area contributed by atoms with Crippen LogP contribution in [0.25, 0.3) is 0 Å².